The van der Waals surface area contributed by atoms with Crippen LogP contribution in [0.3, 0.4) is 0 Å². The van der Waals surface area contributed by atoms with Crippen molar-refractivity contribution in [1.82, 2.24) is 15.1 Å². The van der Waals surface area contributed by atoms with Gasteiger partial charge in [-0.3, -0.25) is 10.1 Å². The minimum atomic E-state index is -0.366. The highest BCUT2D eigenvalue weighted by atomic mass is 32.1. The first-order chi connectivity index (χ1) is 12.5. The first kappa shape index (κ1) is 18.0. The van der Waals surface area contributed by atoms with Crippen LogP contribution in [0, 0.1) is 12.8 Å². The van der Waals surface area contributed by atoms with Crippen molar-refractivity contribution in [3.63, 3.8) is 0 Å². The molecule has 0 bridgehead atoms. The topological polar surface area (TPSA) is 101 Å². The number of aryl methyl sites for hydroxylation is 1. The fraction of sp³-hybridized carbons (Fsp3) is 0.353. The normalized spacial score (nSPS) is 16.9. The molecule has 0 saturated heterocycles. The third-order valence-corrected chi connectivity index (χ3v) is 4.84. The van der Waals surface area contributed by atoms with Crippen LogP contribution in [0.25, 0.3) is 0 Å². The van der Waals surface area contributed by atoms with E-state index in [1.807, 2.05) is 24.4 Å². The van der Waals surface area contributed by atoms with Crippen molar-refractivity contribution in [3.8, 4) is 0 Å². The van der Waals surface area contributed by atoms with Gasteiger partial charge < -0.3 is 5.32 Å². The summed E-state index contributed by atoms with van der Waals surface area (Å²) in [7, 11) is 0. The van der Waals surface area contributed by atoms with E-state index in [4.69, 9.17) is 0 Å². The summed E-state index contributed by atoms with van der Waals surface area (Å²) in [5.74, 6) is 0.0419. The highest BCUT2D eigenvalue weighted by Crippen LogP contribution is 2.17. The molecule has 0 saturated carbocycles. The zero-order valence-corrected chi connectivity index (χ0v) is 15.6. The van der Waals surface area contributed by atoms with Crippen LogP contribution in [0.15, 0.2) is 33.6 Å². The van der Waals surface area contributed by atoms with Gasteiger partial charge in [-0.2, -0.15) is 14.8 Å². The molecule has 9 heteroatoms. The van der Waals surface area contributed by atoms with Gasteiger partial charge >= 0.3 is 6.03 Å². The molecule has 3 rings (SSSR count). The van der Waals surface area contributed by atoms with Crippen LogP contribution < -0.4 is 10.6 Å². The van der Waals surface area contributed by atoms with Gasteiger partial charge in [-0.05, 0) is 31.7 Å². The molecule has 0 aliphatic carbocycles. The number of amides is 3. The van der Waals surface area contributed by atoms with E-state index in [1.165, 1.54) is 4.68 Å². The number of rotatable bonds is 4. The molecule has 8 nitrogen and oxygen atoms in total. The first-order valence-corrected chi connectivity index (χ1v) is 9.18. The predicted octanol–water partition coefficient (Wildman–Crippen LogP) is 2.81. The van der Waals surface area contributed by atoms with Gasteiger partial charge in [-0.15, -0.1) is 11.3 Å². The summed E-state index contributed by atoms with van der Waals surface area (Å²) in [6.07, 6.45) is 0.652. The van der Waals surface area contributed by atoms with Gasteiger partial charge in [0.05, 0.1) is 18.2 Å². The van der Waals surface area contributed by atoms with E-state index in [0.717, 1.165) is 4.88 Å². The van der Waals surface area contributed by atoms with Gasteiger partial charge in [-0.25, -0.2) is 9.79 Å². The van der Waals surface area contributed by atoms with Gasteiger partial charge in [0.1, 0.15) is 5.82 Å². The molecule has 0 aromatic carbocycles. The van der Waals surface area contributed by atoms with E-state index >= 15 is 0 Å². The van der Waals surface area contributed by atoms with E-state index in [1.54, 1.807) is 31.3 Å². The summed E-state index contributed by atoms with van der Waals surface area (Å²) in [6.45, 7) is 5.95. The predicted molar refractivity (Wildman–Crippen MR) is 102 cm³/mol. The van der Waals surface area contributed by atoms with Gasteiger partial charge in [0.25, 0.3) is 11.9 Å². The number of urea groups is 1. The Hall–Kier alpha value is -2.81. The molecule has 1 aliphatic rings. The summed E-state index contributed by atoms with van der Waals surface area (Å²) in [5.41, 5.74) is 1.38. The number of carbonyl (C=O) groups excluding carboxylic acids is 2. The molecule has 3 amide bonds. The van der Waals surface area contributed by atoms with E-state index in [0.29, 0.717) is 30.2 Å². The van der Waals surface area contributed by atoms with E-state index in [2.05, 4.69) is 25.7 Å². The van der Waals surface area contributed by atoms with Gasteiger partial charge in [0, 0.05) is 16.7 Å². The Bertz CT molecular complexity index is 881. The zero-order chi connectivity index (χ0) is 18.7. The van der Waals surface area contributed by atoms with Crippen molar-refractivity contribution >= 4 is 40.8 Å². The second-order valence-corrected chi connectivity index (χ2v) is 6.97. The maximum absolute atomic E-state index is 12.2. The number of anilines is 1. The van der Waals surface area contributed by atoms with E-state index < -0.39 is 0 Å². The third-order valence-electron chi connectivity index (χ3n) is 3.96. The molecule has 0 spiro atoms. The molecule has 1 unspecified atom stereocenters. The molecule has 1 aliphatic heterocycles. The molecule has 2 N–H and O–H groups in total. The highest BCUT2D eigenvalue weighted by molar-refractivity contribution is 7.09. The summed E-state index contributed by atoms with van der Waals surface area (Å²) in [4.78, 5) is 33.9. The molecular formula is C17H20N6O2S. The van der Waals surface area contributed by atoms with Crippen molar-refractivity contribution < 1.29 is 9.59 Å². The summed E-state index contributed by atoms with van der Waals surface area (Å²) < 4.78 is 1.38. The SMILES string of the molecule is CCC1C(=O)N=C(n2nc(C)cc2NC(=O)NCc2cccs2)N=C1C. The van der Waals surface area contributed by atoms with Crippen LogP contribution in [0.5, 0.6) is 0 Å². The molecule has 2 aromatic rings. The number of nitrogens with one attached hydrogen (secondary N) is 2. The lowest BCUT2D eigenvalue weighted by Crippen LogP contribution is -2.32. The Labute approximate surface area is 155 Å². The molecular weight excluding hydrogens is 352 g/mol. The molecule has 2 aromatic heterocycles. The fourth-order valence-corrected chi connectivity index (χ4v) is 3.31. The van der Waals surface area contributed by atoms with Crippen molar-refractivity contribution in [2.75, 3.05) is 5.32 Å². The van der Waals surface area contributed by atoms with Crippen molar-refractivity contribution in [3.05, 3.63) is 34.2 Å². The second kappa shape index (κ2) is 7.61. The van der Waals surface area contributed by atoms with Crippen molar-refractivity contribution in [1.29, 1.82) is 0 Å². The van der Waals surface area contributed by atoms with Crippen LogP contribution in [-0.2, 0) is 11.3 Å². The summed E-state index contributed by atoms with van der Waals surface area (Å²) in [6, 6.07) is 5.22. The number of nitrogens with zero attached hydrogens (tertiary/aromatic N) is 4. The van der Waals surface area contributed by atoms with Crippen LogP contribution in [0.1, 0.15) is 30.8 Å². The smallest absolute Gasteiger partial charge is 0.320 e. The Morgan fingerprint density at radius 2 is 2.15 bits per heavy atom. The lowest BCUT2D eigenvalue weighted by atomic mass is 10.00. The molecule has 0 radical (unpaired) electrons. The number of thiophene rings is 1. The van der Waals surface area contributed by atoms with Crippen molar-refractivity contribution in [2.24, 2.45) is 15.9 Å². The van der Waals surface area contributed by atoms with Gasteiger partial charge in [0.15, 0.2) is 0 Å². The fourth-order valence-electron chi connectivity index (χ4n) is 2.66. The molecule has 1 atom stereocenters. The summed E-state index contributed by atoms with van der Waals surface area (Å²) >= 11 is 1.57. The average molecular weight is 372 g/mol. The van der Waals surface area contributed by atoms with Crippen LogP contribution in [0.2, 0.25) is 0 Å². The first-order valence-electron chi connectivity index (χ1n) is 8.30. The Kier molecular flexibility index (Phi) is 5.27. The number of aliphatic imine (C=N–C) groups is 2. The molecule has 3 heterocycles. The largest absolute Gasteiger partial charge is 0.333 e. The molecule has 0 fully saturated rings. The Balaban J connectivity index is 1.76. The summed E-state index contributed by atoms with van der Waals surface area (Å²) in [5, 5.41) is 11.8. The minimum Gasteiger partial charge on any atom is -0.333 e. The zero-order valence-electron chi connectivity index (χ0n) is 14.8. The number of hydrogen-bond acceptors (Lipinski definition) is 5. The quantitative estimate of drug-likeness (QED) is 0.863. The Morgan fingerprint density at radius 3 is 2.81 bits per heavy atom. The number of aromatic nitrogens is 2. The lowest BCUT2D eigenvalue weighted by molar-refractivity contribution is -0.119. The van der Waals surface area contributed by atoms with Gasteiger partial charge in [0.2, 0.25) is 0 Å². The number of hydrogen-bond donors (Lipinski definition) is 2. The molecule has 136 valence electrons. The Morgan fingerprint density at radius 1 is 1.35 bits per heavy atom. The minimum absolute atomic E-state index is 0.166. The second-order valence-electron chi connectivity index (χ2n) is 5.93. The standard InChI is InChI=1S/C17H20N6O2S/c1-4-13-11(3)19-16(21-15(13)24)23-14(8-10(2)22-23)20-17(25)18-9-12-6-5-7-26-12/h5-8,13H,4,9H2,1-3H3,(H2,18,20,25). The van der Waals surface area contributed by atoms with Crippen LogP contribution >= 0.6 is 11.3 Å². The monoisotopic (exact) mass is 372 g/mol. The maximum Gasteiger partial charge on any atom is 0.320 e. The molecule has 26 heavy (non-hydrogen) atoms. The van der Waals surface area contributed by atoms with Crippen LogP contribution in [0.4, 0.5) is 10.6 Å². The van der Waals surface area contributed by atoms with E-state index in [9.17, 15) is 9.59 Å². The van der Waals surface area contributed by atoms with Crippen LogP contribution in [-0.4, -0.2) is 33.4 Å². The highest BCUT2D eigenvalue weighted by Gasteiger charge is 2.26. The van der Waals surface area contributed by atoms with Gasteiger partial charge in [-0.1, -0.05) is 13.0 Å². The van der Waals surface area contributed by atoms with E-state index in [-0.39, 0.29) is 23.8 Å². The third kappa shape index (κ3) is 3.88. The number of carbonyl (C=O) groups is 2. The lowest BCUT2D eigenvalue weighted by Gasteiger charge is -2.17. The average Bonchev–Trinajstić information content (AvgIpc) is 3.22. The van der Waals surface area contributed by atoms with Crippen molar-refractivity contribution in [2.45, 2.75) is 33.7 Å². The maximum atomic E-state index is 12.2.